The minimum atomic E-state index is -0.881. The number of fused-ring (bicyclic) bond motifs is 3. The van der Waals surface area contributed by atoms with Crippen LogP contribution in [0.3, 0.4) is 0 Å². The van der Waals surface area contributed by atoms with Gasteiger partial charge in [-0.1, -0.05) is 48.5 Å². The van der Waals surface area contributed by atoms with Gasteiger partial charge in [0.25, 0.3) is 0 Å². The van der Waals surface area contributed by atoms with E-state index in [9.17, 15) is 9.59 Å². The molecule has 2 aromatic rings. The Hall–Kier alpha value is -2.42. The van der Waals surface area contributed by atoms with Crippen LogP contribution in [-0.4, -0.2) is 12.2 Å². The van der Waals surface area contributed by atoms with Crippen LogP contribution in [-0.2, 0) is 15.0 Å². The van der Waals surface area contributed by atoms with Gasteiger partial charge in [-0.05, 0) is 28.7 Å². The lowest BCUT2D eigenvalue weighted by Crippen LogP contribution is -2.40. The molecule has 0 fully saturated rings. The van der Waals surface area contributed by atoms with Crippen molar-refractivity contribution in [1.82, 2.24) is 0 Å². The van der Waals surface area contributed by atoms with Crippen LogP contribution in [0.15, 0.2) is 48.5 Å². The second kappa shape index (κ2) is 4.60. The van der Waals surface area contributed by atoms with Crippen molar-refractivity contribution in [1.29, 1.82) is 0 Å². The van der Waals surface area contributed by atoms with Crippen molar-refractivity contribution < 1.29 is 9.59 Å². The fourth-order valence-corrected chi connectivity index (χ4v) is 3.26. The number of nitrogens with two attached hydrogens (primary N) is 1. The first-order valence-electron chi connectivity index (χ1n) is 6.65. The second-order valence-corrected chi connectivity index (χ2v) is 5.07. The standard InChI is InChI=1S/C17H15NO2/c18-16(20)17(10-5-11-19)14-8-3-1-6-12(14)13-7-2-4-9-15(13)17/h1-4,6-9,11H,5,10H2,(H2,18,20). The van der Waals surface area contributed by atoms with Crippen LogP contribution in [0.2, 0.25) is 0 Å². The first-order valence-corrected chi connectivity index (χ1v) is 6.65. The Morgan fingerprint density at radius 2 is 1.50 bits per heavy atom. The molecule has 0 saturated heterocycles. The Bertz CT molecular complexity index is 645. The van der Waals surface area contributed by atoms with Crippen LogP contribution in [0.4, 0.5) is 0 Å². The molecule has 0 unspecified atom stereocenters. The summed E-state index contributed by atoms with van der Waals surface area (Å²) in [6.07, 6.45) is 1.57. The van der Waals surface area contributed by atoms with Gasteiger partial charge in [0.1, 0.15) is 11.7 Å². The van der Waals surface area contributed by atoms with Crippen LogP contribution >= 0.6 is 0 Å². The third-order valence-electron chi connectivity index (χ3n) is 4.12. The Kier molecular flexibility index (Phi) is 2.90. The lowest BCUT2D eigenvalue weighted by molar-refractivity contribution is -0.122. The highest BCUT2D eigenvalue weighted by Crippen LogP contribution is 2.50. The highest BCUT2D eigenvalue weighted by Gasteiger charge is 2.47. The highest BCUT2D eigenvalue weighted by molar-refractivity contribution is 5.99. The third kappa shape index (κ3) is 1.53. The maximum Gasteiger partial charge on any atom is 0.232 e. The monoisotopic (exact) mass is 265 g/mol. The lowest BCUT2D eigenvalue weighted by Gasteiger charge is -2.27. The molecule has 0 heterocycles. The van der Waals surface area contributed by atoms with E-state index in [2.05, 4.69) is 0 Å². The fourth-order valence-electron chi connectivity index (χ4n) is 3.26. The number of hydrogen-bond acceptors (Lipinski definition) is 2. The molecule has 3 heteroatoms. The van der Waals surface area contributed by atoms with E-state index in [4.69, 9.17) is 5.73 Å². The first-order chi connectivity index (χ1) is 9.71. The SMILES string of the molecule is NC(=O)C1(CCC=O)c2ccccc2-c2ccccc21. The molecular weight excluding hydrogens is 250 g/mol. The molecule has 0 bridgehead atoms. The van der Waals surface area contributed by atoms with Gasteiger partial charge >= 0.3 is 0 Å². The van der Waals surface area contributed by atoms with E-state index in [1.165, 1.54) is 0 Å². The molecule has 1 amide bonds. The van der Waals surface area contributed by atoms with Crippen molar-refractivity contribution >= 4 is 12.2 Å². The zero-order valence-electron chi connectivity index (χ0n) is 11.0. The number of carbonyl (C=O) groups excluding carboxylic acids is 2. The average molecular weight is 265 g/mol. The average Bonchev–Trinajstić information content (AvgIpc) is 2.77. The largest absolute Gasteiger partial charge is 0.369 e. The number of aldehydes is 1. The molecule has 0 atom stereocenters. The molecule has 0 aliphatic heterocycles. The van der Waals surface area contributed by atoms with Crippen molar-refractivity contribution in [3.05, 3.63) is 59.7 Å². The van der Waals surface area contributed by atoms with Gasteiger partial charge in [0.15, 0.2) is 0 Å². The summed E-state index contributed by atoms with van der Waals surface area (Å²) >= 11 is 0. The minimum absolute atomic E-state index is 0.311. The molecule has 100 valence electrons. The lowest BCUT2D eigenvalue weighted by atomic mass is 9.74. The zero-order chi connectivity index (χ0) is 14.2. The van der Waals surface area contributed by atoms with E-state index in [1.807, 2.05) is 48.5 Å². The van der Waals surface area contributed by atoms with Crippen molar-refractivity contribution in [3.8, 4) is 11.1 Å². The summed E-state index contributed by atoms with van der Waals surface area (Å²) < 4.78 is 0. The topological polar surface area (TPSA) is 60.2 Å². The molecule has 0 saturated carbocycles. The minimum Gasteiger partial charge on any atom is -0.369 e. The van der Waals surface area contributed by atoms with Crippen LogP contribution in [0, 0.1) is 0 Å². The zero-order valence-corrected chi connectivity index (χ0v) is 11.0. The molecule has 0 aromatic heterocycles. The molecular formula is C17H15NO2. The highest BCUT2D eigenvalue weighted by atomic mass is 16.1. The second-order valence-electron chi connectivity index (χ2n) is 5.07. The molecule has 0 radical (unpaired) electrons. The summed E-state index contributed by atoms with van der Waals surface area (Å²) in [4.78, 5) is 23.1. The molecule has 2 aromatic carbocycles. The summed E-state index contributed by atoms with van der Waals surface area (Å²) in [6.45, 7) is 0. The maximum absolute atomic E-state index is 12.3. The van der Waals surface area contributed by atoms with Crippen LogP contribution in [0.5, 0.6) is 0 Å². The van der Waals surface area contributed by atoms with Gasteiger partial charge in [-0.25, -0.2) is 0 Å². The number of rotatable bonds is 4. The molecule has 0 spiro atoms. The van der Waals surface area contributed by atoms with Gasteiger partial charge in [0, 0.05) is 6.42 Å². The summed E-state index contributed by atoms with van der Waals surface area (Å²) in [5, 5.41) is 0. The normalized spacial score (nSPS) is 14.4. The van der Waals surface area contributed by atoms with Gasteiger partial charge in [-0.3, -0.25) is 4.79 Å². The Balaban J connectivity index is 2.33. The summed E-state index contributed by atoms with van der Waals surface area (Å²) in [7, 11) is 0. The number of benzene rings is 2. The molecule has 2 N–H and O–H groups in total. The number of primary amides is 1. The van der Waals surface area contributed by atoms with Gasteiger partial charge in [-0.15, -0.1) is 0 Å². The van der Waals surface area contributed by atoms with Crippen molar-refractivity contribution in [3.63, 3.8) is 0 Å². The van der Waals surface area contributed by atoms with Crippen molar-refractivity contribution in [2.24, 2.45) is 5.73 Å². The van der Waals surface area contributed by atoms with Crippen molar-refractivity contribution in [2.45, 2.75) is 18.3 Å². The number of carbonyl (C=O) groups is 2. The van der Waals surface area contributed by atoms with Gasteiger partial charge in [0.05, 0.1) is 0 Å². The Labute approximate surface area is 117 Å². The van der Waals surface area contributed by atoms with Crippen LogP contribution in [0.1, 0.15) is 24.0 Å². The van der Waals surface area contributed by atoms with E-state index < -0.39 is 11.3 Å². The Morgan fingerprint density at radius 1 is 1.00 bits per heavy atom. The van der Waals surface area contributed by atoms with Gasteiger partial charge in [0.2, 0.25) is 5.91 Å². The van der Waals surface area contributed by atoms with Crippen LogP contribution < -0.4 is 5.73 Å². The van der Waals surface area contributed by atoms with Gasteiger partial charge < -0.3 is 10.5 Å². The van der Waals surface area contributed by atoms with E-state index in [1.54, 1.807) is 0 Å². The molecule has 1 aliphatic carbocycles. The smallest absolute Gasteiger partial charge is 0.232 e. The van der Waals surface area contributed by atoms with Crippen molar-refractivity contribution in [2.75, 3.05) is 0 Å². The molecule has 3 rings (SSSR count). The maximum atomic E-state index is 12.3. The predicted molar refractivity (Wildman–Crippen MR) is 77.2 cm³/mol. The summed E-state index contributed by atoms with van der Waals surface area (Å²) in [6, 6.07) is 15.6. The molecule has 3 nitrogen and oxygen atoms in total. The van der Waals surface area contributed by atoms with E-state index in [0.717, 1.165) is 28.5 Å². The third-order valence-corrected chi connectivity index (χ3v) is 4.12. The Morgan fingerprint density at radius 3 is 1.95 bits per heavy atom. The predicted octanol–water partition coefficient (Wildman–Crippen LogP) is 2.42. The fraction of sp³-hybridized carbons (Fsp3) is 0.176. The summed E-state index contributed by atoms with van der Waals surface area (Å²) in [5.41, 5.74) is 8.76. The van der Waals surface area contributed by atoms with E-state index >= 15 is 0 Å². The summed E-state index contributed by atoms with van der Waals surface area (Å²) in [5.74, 6) is -0.392. The molecule has 1 aliphatic rings. The molecule has 20 heavy (non-hydrogen) atoms. The van der Waals surface area contributed by atoms with E-state index in [-0.39, 0.29) is 0 Å². The first kappa shape index (κ1) is 12.6. The number of hydrogen-bond donors (Lipinski definition) is 1. The number of amides is 1. The van der Waals surface area contributed by atoms with E-state index in [0.29, 0.717) is 12.8 Å². The quantitative estimate of drug-likeness (QED) is 0.863. The van der Waals surface area contributed by atoms with Gasteiger partial charge in [-0.2, -0.15) is 0 Å². The van der Waals surface area contributed by atoms with Crippen LogP contribution in [0.25, 0.3) is 11.1 Å².